The zero-order chi connectivity index (χ0) is 8.97. The zero-order valence-corrected chi connectivity index (χ0v) is 7.02. The first-order chi connectivity index (χ1) is 5.76. The summed E-state index contributed by atoms with van der Waals surface area (Å²) in [5.74, 6) is 1.10. The summed E-state index contributed by atoms with van der Waals surface area (Å²) in [5, 5.41) is 3.41. The van der Waals surface area contributed by atoms with Crippen molar-refractivity contribution in [2.45, 2.75) is 20.3 Å². The number of aromatic nitrogens is 2. The van der Waals surface area contributed by atoms with Crippen LogP contribution in [0.25, 0.3) is 10.4 Å². The molecule has 0 fully saturated rings. The Morgan fingerprint density at radius 2 is 2.33 bits per heavy atom. The molecular formula is C7H9N5. The second-order valence-corrected chi connectivity index (χ2v) is 2.33. The molecule has 12 heavy (non-hydrogen) atoms. The van der Waals surface area contributed by atoms with Crippen LogP contribution in [0.3, 0.4) is 0 Å². The fraction of sp³-hybridized carbons (Fsp3) is 0.429. The van der Waals surface area contributed by atoms with Crippen molar-refractivity contribution in [1.29, 1.82) is 0 Å². The van der Waals surface area contributed by atoms with E-state index in [0.717, 1.165) is 12.1 Å². The van der Waals surface area contributed by atoms with E-state index >= 15 is 0 Å². The third kappa shape index (κ3) is 1.93. The van der Waals surface area contributed by atoms with Gasteiger partial charge in [0, 0.05) is 17.0 Å². The Morgan fingerprint density at radius 3 is 2.92 bits per heavy atom. The van der Waals surface area contributed by atoms with Gasteiger partial charge in [0.25, 0.3) is 0 Å². The summed E-state index contributed by atoms with van der Waals surface area (Å²) in [7, 11) is 0. The lowest BCUT2D eigenvalue weighted by molar-refractivity contribution is 0.916. The molecule has 0 aliphatic heterocycles. The summed E-state index contributed by atoms with van der Waals surface area (Å²) in [6.07, 6.45) is 0.746. The first kappa shape index (κ1) is 8.49. The van der Waals surface area contributed by atoms with Crippen LogP contribution in [0.1, 0.15) is 18.4 Å². The van der Waals surface area contributed by atoms with Crippen molar-refractivity contribution in [3.63, 3.8) is 0 Å². The number of hydrogen-bond acceptors (Lipinski definition) is 3. The highest BCUT2D eigenvalue weighted by atomic mass is 15.2. The summed E-state index contributed by atoms with van der Waals surface area (Å²) in [4.78, 5) is 10.8. The molecule has 5 nitrogen and oxygen atoms in total. The largest absolute Gasteiger partial charge is 0.238 e. The SMILES string of the molecule is CCc1nc(C)cc(N=[N+]=[N-])n1. The molecule has 0 unspecified atom stereocenters. The maximum atomic E-state index is 8.17. The third-order valence-corrected chi connectivity index (χ3v) is 1.35. The maximum absolute atomic E-state index is 8.17. The van der Waals surface area contributed by atoms with Crippen molar-refractivity contribution >= 4 is 5.82 Å². The number of hydrogen-bond donors (Lipinski definition) is 0. The Labute approximate surface area is 70.1 Å². The molecule has 0 bridgehead atoms. The predicted molar refractivity (Wildman–Crippen MR) is 45.0 cm³/mol. The van der Waals surface area contributed by atoms with E-state index in [9.17, 15) is 0 Å². The van der Waals surface area contributed by atoms with E-state index in [-0.39, 0.29) is 0 Å². The van der Waals surface area contributed by atoms with Crippen molar-refractivity contribution in [2.24, 2.45) is 5.11 Å². The van der Waals surface area contributed by atoms with Crippen LogP contribution >= 0.6 is 0 Å². The lowest BCUT2D eigenvalue weighted by Crippen LogP contribution is -1.93. The molecule has 0 aliphatic carbocycles. The fourth-order valence-corrected chi connectivity index (χ4v) is 0.867. The number of azide groups is 1. The van der Waals surface area contributed by atoms with Gasteiger partial charge in [0.1, 0.15) is 11.6 Å². The van der Waals surface area contributed by atoms with Gasteiger partial charge >= 0.3 is 0 Å². The van der Waals surface area contributed by atoms with E-state index in [0.29, 0.717) is 11.6 Å². The maximum Gasteiger partial charge on any atom is 0.130 e. The van der Waals surface area contributed by atoms with Gasteiger partial charge in [-0.1, -0.05) is 6.92 Å². The Bertz CT molecular complexity index is 327. The van der Waals surface area contributed by atoms with Gasteiger partial charge in [-0.15, -0.1) is 0 Å². The van der Waals surface area contributed by atoms with Gasteiger partial charge in [-0.05, 0) is 23.6 Å². The molecule has 0 amide bonds. The molecule has 0 aliphatic rings. The Kier molecular flexibility index (Phi) is 2.61. The smallest absolute Gasteiger partial charge is 0.130 e. The highest BCUT2D eigenvalue weighted by Crippen LogP contribution is 2.09. The Balaban J connectivity index is 3.14. The van der Waals surface area contributed by atoms with Crippen LogP contribution in [0.2, 0.25) is 0 Å². The van der Waals surface area contributed by atoms with Crippen molar-refractivity contribution in [2.75, 3.05) is 0 Å². The molecule has 0 aromatic carbocycles. The van der Waals surface area contributed by atoms with Crippen LogP contribution < -0.4 is 0 Å². The van der Waals surface area contributed by atoms with Gasteiger partial charge in [-0.2, -0.15) is 0 Å². The van der Waals surface area contributed by atoms with Crippen LogP contribution in [-0.2, 0) is 6.42 Å². The third-order valence-electron chi connectivity index (χ3n) is 1.35. The molecule has 1 aromatic heterocycles. The molecule has 1 aromatic rings. The molecule has 0 spiro atoms. The van der Waals surface area contributed by atoms with E-state index in [2.05, 4.69) is 20.0 Å². The minimum atomic E-state index is 0.391. The van der Waals surface area contributed by atoms with Crippen molar-refractivity contribution in [3.8, 4) is 0 Å². The number of rotatable bonds is 2. The number of aryl methyl sites for hydroxylation is 2. The van der Waals surface area contributed by atoms with Crippen LogP contribution in [0.5, 0.6) is 0 Å². The van der Waals surface area contributed by atoms with Crippen LogP contribution in [-0.4, -0.2) is 9.97 Å². The Morgan fingerprint density at radius 1 is 1.58 bits per heavy atom. The van der Waals surface area contributed by atoms with Crippen LogP contribution in [0.15, 0.2) is 11.2 Å². The van der Waals surface area contributed by atoms with Gasteiger partial charge in [0.05, 0.1) is 0 Å². The molecule has 0 saturated carbocycles. The highest BCUT2D eigenvalue weighted by molar-refractivity contribution is 5.28. The van der Waals surface area contributed by atoms with E-state index in [1.807, 2.05) is 13.8 Å². The van der Waals surface area contributed by atoms with Gasteiger partial charge < -0.3 is 0 Å². The molecule has 0 N–H and O–H groups in total. The van der Waals surface area contributed by atoms with Crippen LogP contribution in [0, 0.1) is 6.92 Å². The van der Waals surface area contributed by atoms with Crippen molar-refractivity contribution < 1.29 is 0 Å². The monoisotopic (exact) mass is 163 g/mol. The summed E-state index contributed by atoms with van der Waals surface area (Å²) in [6.45, 7) is 3.80. The normalized spacial score (nSPS) is 9.17. The van der Waals surface area contributed by atoms with E-state index < -0.39 is 0 Å². The zero-order valence-electron chi connectivity index (χ0n) is 7.02. The first-order valence-corrected chi connectivity index (χ1v) is 3.66. The molecule has 62 valence electrons. The van der Waals surface area contributed by atoms with Crippen molar-refractivity contribution in [1.82, 2.24) is 9.97 Å². The minimum Gasteiger partial charge on any atom is -0.238 e. The lowest BCUT2D eigenvalue weighted by Gasteiger charge is -1.98. The summed E-state index contributed by atoms with van der Waals surface area (Å²) in [5.41, 5.74) is 9.00. The van der Waals surface area contributed by atoms with Crippen LogP contribution in [0.4, 0.5) is 5.82 Å². The minimum absolute atomic E-state index is 0.391. The van der Waals surface area contributed by atoms with Gasteiger partial charge in [0.15, 0.2) is 0 Å². The lowest BCUT2D eigenvalue weighted by atomic mass is 10.4. The van der Waals surface area contributed by atoms with Crippen molar-refractivity contribution in [3.05, 3.63) is 28.0 Å². The van der Waals surface area contributed by atoms with E-state index in [1.54, 1.807) is 6.07 Å². The van der Waals surface area contributed by atoms with E-state index in [1.165, 1.54) is 0 Å². The molecule has 5 heteroatoms. The van der Waals surface area contributed by atoms with Gasteiger partial charge in [-0.3, -0.25) is 0 Å². The average Bonchev–Trinajstić information content (AvgIpc) is 2.04. The van der Waals surface area contributed by atoms with E-state index in [4.69, 9.17) is 5.53 Å². The predicted octanol–water partition coefficient (Wildman–Crippen LogP) is 2.29. The first-order valence-electron chi connectivity index (χ1n) is 3.66. The molecular weight excluding hydrogens is 154 g/mol. The second kappa shape index (κ2) is 3.69. The summed E-state index contributed by atoms with van der Waals surface area (Å²) < 4.78 is 0. The molecule has 1 rings (SSSR count). The number of nitrogens with zero attached hydrogens (tertiary/aromatic N) is 5. The summed E-state index contributed by atoms with van der Waals surface area (Å²) in [6, 6.07) is 1.65. The molecule has 0 saturated heterocycles. The Hall–Kier alpha value is -1.61. The highest BCUT2D eigenvalue weighted by Gasteiger charge is 1.97. The summed E-state index contributed by atoms with van der Waals surface area (Å²) >= 11 is 0. The average molecular weight is 163 g/mol. The van der Waals surface area contributed by atoms with Gasteiger partial charge in [0.2, 0.25) is 0 Å². The molecule has 0 radical (unpaired) electrons. The quantitative estimate of drug-likeness (QED) is 0.381. The fourth-order valence-electron chi connectivity index (χ4n) is 0.867. The van der Waals surface area contributed by atoms with Gasteiger partial charge in [-0.25, -0.2) is 9.97 Å². The molecule has 0 atom stereocenters. The molecule has 1 heterocycles. The standard InChI is InChI=1S/C7H9N5/c1-3-6-9-5(2)4-7(10-6)11-12-8/h4H,3H2,1-2H3. The second-order valence-electron chi connectivity index (χ2n) is 2.33. The topological polar surface area (TPSA) is 74.5 Å².